The molecule has 2 nitrogen and oxygen atoms in total. The van der Waals surface area contributed by atoms with E-state index in [1.54, 1.807) is 0 Å². The van der Waals surface area contributed by atoms with Gasteiger partial charge in [-0.1, -0.05) is 36.8 Å². The van der Waals surface area contributed by atoms with Crippen molar-refractivity contribution < 1.29 is 4.79 Å². The first-order chi connectivity index (χ1) is 8.15. The van der Waals surface area contributed by atoms with Gasteiger partial charge < -0.3 is 5.32 Å². The Balaban J connectivity index is 2.52. The number of terminal acetylenes is 1. The quantitative estimate of drug-likeness (QED) is 0.772. The highest BCUT2D eigenvalue weighted by molar-refractivity contribution is 5.78. The van der Waals surface area contributed by atoms with Gasteiger partial charge in [0.1, 0.15) is 0 Å². The minimum absolute atomic E-state index is 0.0395. The first-order valence-corrected chi connectivity index (χ1v) is 5.94. The Labute approximate surface area is 103 Å². The topological polar surface area (TPSA) is 29.1 Å². The first-order valence-electron chi connectivity index (χ1n) is 5.94. The van der Waals surface area contributed by atoms with Crippen molar-refractivity contribution in [3.63, 3.8) is 0 Å². The molecule has 0 aliphatic heterocycles. The van der Waals surface area contributed by atoms with Gasteiger partial charge in [-0.2, -0.15) is 0 Å². The molecule has 0 bridgehead atoms. The molecule has 0 aromatic heterocycles. The van der Waals surface area contributed by atoms with Crippen molar-refractivity contribution >= 4 is 5.91 Å². The summed E-state index contributed by atoms with van der Waals surface area (Å²) in [6, 6.07) is 8.08. The van der Waals surface area contributed by atoms with Gasteiger partial charge in [0, 0.05) is 12.5 Å². The summed E-state index contributed by atoms with van der Waals surface area (Å²) >= 11 is 0. The van der Waals surface area contributed by atoms with Crippen molar-refractivity contribution in [2.24, 2.45) is 0 Å². The van der Waals surface area contributed by atoms with Crippen LogP contribution in [-0.2, 0) is 11.2 Å². The number of hydrogen-bond donors (Lipinski definition) is 1. The van der Waals surface area contributed by atoms with Crippen molar-refractivity contribution in [3.05, 3.63) is 35.4 Å². The predicted molar refractivity (Wildman–Crippen MR) is 70.6 cm³/mol. The maximum absolute atomic E-state index is 11.8. The Kier molecular flexibility index (Phi) is 5.29. The molecule has 0 spiro atoms. The summed E-state index contributed by atoms with van der Waals surface area (Å²) in [4.78, 5) is 11.8. The van der Waals surface area contributed by atoms with E-state index in [0.29, 0.717) is 12.8 Å². The van der Waals surface area contributed by atoms with Gasteiger partial charge in [0.2, 0.25) is 5.91 Å². The number of hydrogen-bond acceptors (Lipinski definition) is 1. The van der Waals surface area contributed by atoms with Gasteiger partial charge >= 0.3 is 0 Å². The number of benzene rings is 1. The lowest BCUT2D eigenvalue weighted by Gasteiger charge is -2.14. The summed E-state index contributed by atoms with van der Waals surface area (Å²) in [5.74, 6) is 2.62. The SMILES string of the molecule is C#CCC(CC)NC(=O)Cc1cccc(C)c1. The van der Waals surface area contributed by atoms with Gasteiger partial charge in [-0.3, -0.25) is 4.79 Å². The molecule has 0 aliphatic carbocycles. The molecule has 0 heterocycles. The van der Waals surface area contributed by atoms with Crippen LogP contribution in [0.1, 0.15) is 30.9 Å². The molecule has 1 amide bonds. The van der Waals surface area contributed by atoms with Crippen molar-refractivity contribution in [2.75, 3.05) is 0 Å². The summed E-state index contributed by atoms with van der Waals surface area (Å²) in [5.41, 5.74) is 2.21. The molecule has 0 saturated carbocycles. The number of carbonyl (C=O) groups is 1. The Bertz CT molecular complexity index is 417. The van der Waals surface area contributed by atoms with Crippen LogP contribution in [0.4, 0.5) is 0 Å². The molecule has 2 heteroatoms. The second kappa shape index (κ2) is 6.75. The van der Waals surface area contributed by atoms with E-state index in [1.807, 2.05) is 38.1 Å². The number of carbonyl (C=O) groups excluding carboxylic acids is 1. The van der Waals surface area contributed by atoms with Crippen LogP contribution < -0.4 is 5.32 Å². The number of nitrogens with one attached hydrogen (secondary N) is 1. The predicted octanol–water partition coefficient (Wildman–Crippen LogP) is 2.46. The molecule has 0 saturated heterocycles. The average molecular weight is 229 g/mol. The molecule has 0 radical (unpaired) electrons. The van der Waals surface area contributed by atoms with Crippen LogP contribution in [0.5, 0.6) is 0 Å². The monoisotopic (exact) mass is 229 g/mol. The third-order valence-corrected chi connectivity index (χ3v) is 2.67. The lowest BCUT2D eigenvalue weighted by molar-refractivity contribution is -0.121. The highest BCUT2D eigenvalue weighted by Crippen LogP contribution is 2.05. The zero-order valence-corrected chi connectivity index (χ0v) is 10.5. The largest absolute Gasteiger partial charge is 0.352 e. The molecule has 90 valence electrons. The molecular formula is C15H19NO. The second-order valence-electron chi connectivity index (χ2n) is 4.25. The minimum atomic E-state index is 0.0395. The van der Waals surface area contributed by atoms with Gasteiger partial charge in [0.25, 0.3) is 0 Å². The highest BCUT2D eigenvalue weighted by atomic mass is 16.1. The van der Waals surface area contributed by atoms with Gasteiger partial charge in [-0.15, -0.1) is 12.3 Å². The van der Waals surface area contributed by atoms with E-state index >= 15 is 0 Å². The van der Waals surface area contributed by atoms with Crippen molar-refractivity contribution in [1.29, 1.82) is 0 Å². The van der Waals surface area contributed by atoms with Crippen LogP contribution in [0, 0.1) is 19.3 Å². The third kappa shape index (κ3) is 4.74. The van der Waals surface area contributed by atoms with Gasteiger partial charge in [0.05, 0.1) is 6.42 Å². The Morgan fingerprint density at radius 3 is 2.88 bits per heavy atom. The summed E-state index contributed by atoms with van der Waals surface area (Å²) in [6.45, 7) is 4.05. The van der Waals surface area contributed by atoms with Crippen molar-refractivity contribution in [2.45, 2.75) is 39.2 Å². The summed E-state index contributed by atoms with van der Waals surface area (Å²) in [7, 11) is 0. The molecule has 1 N–H and O–H groups in total. The molecule has 0 aliphatic rings. The first kappa shape index (κ1) is 13.3. The van der Waals surface area contributed by atoms with Gasteiger partial charge in [0.15, 0.2) is 0 Å². The van der Waals surface area contributed by atoms with Crippen molar-refractivity contribution in [1.82, 2.24) is 5.32 Å². The molecule has 1 atom stereocenters. The van der Waals surface area contributed by atoms with E-state index in [-0.39, 0.29) is 11.9 Å². The number of amides is 1. The average Bonchev–Trinajstić information content (AvgIpc) is 2.28. The lowest BCUT2D eigenvalue weighted by atomic mass is 10.1. The molecule has 1 unspecified atom stereocenters. The molecule has 17 heavy (non-hydrogen) atoms. The van der Waals surface area contributed by atoms with E-state index in [1.165, 1.54) is 5.56 Å². The third-order valence-electron chi connectivity index (χ3n) is 2.67. The van der Waals surface area contributed by atoms with Crippen LogP contribution in [-0.4, -0.2) is 11.9 Å². The van der Waals surface area contributed by atoms with E-state index < -0.39 is 0 Å². The minimum Gasteiger partial charge on any atom is -0.352 e. The van der Waals surface area contributed by atoms with Crippen molar-refractivity contribution in [3.8, 4) is 12.3 Å². The lowest BCUT2D eigenvalue weighted by Crippen LogP contribution is -2.35. The number of aryl methyl sites for hydroxylation is 1. The Hall–Kier alpha value is -1.75. The van der Waals surface area contributed by atoms with Crippen LogP contribution in [0.25, 0.3) is 0 Å². The molecule has 1 aromatic carbocycles. The normalized spacial score (nSPS) is 11.6. The highest BCUT2D eigenvalue weighted by Gasteiger charge is 2.09. The van der Waals surface area contributed by atoms with Crippen LogP contribution in [0.15, 0.2) is 24.3 Å². The Morgan fingerprint density at radius 2 is 2.29 bits per heavy atom. The summed E-state index contributed by atoms with van der Waals surface area (Å²) < 4.78 is 0. The summed E-state index contributed by atoms with van der Waals surface area (Å²) in [5, 5.41) is 2.95. The van der Waals surface area contributed by atoms with E-state index in [2.05, 4.69) is 11.2 Å². The van der Waals surface area contributed by atoms with Gasteiger partial charge in [-0.25, -0.2) is 0 Å². The smallest absolute Gasteiger partial charge is 0.224 e. The van der Waals surface area contributed by atoms with E-state index in [9.17, 15) is 4.79 Å². The standard InChI is InChI=1S/C15H19NO/c1-4-7-14(5-2)16-15(17)11-13-9-6-8-12(3)10-13/h1,6,8-10,14H,5,7,11H2,2-3H3,(H,16,17). The van der Waals surface area contributed by atoms with E-state index in [4.69, 9.17) is 6.42 Å². The fourth-order valence-corrected chi connectivity index (χ4v) is 1.73. The zero-order valence-electron chi connectivity index (χ0n) is 10.5. The van der Waals surface area contributed by atoms with Crippen LogP contribution in [0.2, 0.25) is 0 Å². The maximum atomic E-state index is 11.8. The van der Waals surface area contributed by atoms with Crippen LogP contribution in [0.3, 0.4) is 0 Å². The van der Waals surface area contributed by atoms with E-state index in [0.717, 1.165) is 12.0 Å². The fourth-order valence-electron chi connectivity index (χ4n) is 1.73. The fraction of sp³-hybridized carbons (Fsp3) is 0.400. The summed E-state index contributed by atoms with van der Waals surface area (Å²) in [6.07, 6.45) is 7.13. The zero-order chi connectivity index (χ0) is 12.7. The molecule has 1 aromatic rings. The number of rotatable bonds is 5. The van der Waals surface area contributed by atoms with Gasteiger partial charge in [-0.05, 0) is 18.9 Å². The molecule has 1 rings (SSSR count). The molecule has 0 fully saturated rings. The Morgan fingerprint density at radius 1 is 1.53 bits per heavy atom. The molecular weight excluding hydrogens is 210 g/mol. The maximum Gasteiger partial charge on any atom is 0.224 e. The van der Waals surface area contributed by atoms with Crippen LogP contribution >= 0.6 is 0 Å². The second-order valence-corrected chi connectivity index (χ2v) is 4.25.